The molecule has 0 saturated carbocycles. The number of rotatable bonds is 2. The summed E-state index contributed by atoms with van der Waals surface area (Å²) in [5.74, 6) is -3.62. The Kier molecular flexibility index (Phi) is 3.11. The lowest BCUT2D eigenvalue weighted by atomic mass is 10.2. The quantitative estimate of drug-likeness (QED) is 0.729. The summed E-state index contributed by atoms with van der Waals surface area (Å²) in [6, 6.07) is 1.17. The number of halogens is 3. The van der Waals surface area contributed by atoms with Crippen molar-refractivity contribution in [3.8, 4) is 0 Å². The smallest absolute Gasteiger partial charge is 0.217 e. The summed E-state index contributed by atoms with van der Waals surface area (Å²) >= 11 is 0. The molecule has 0 atom stereocenters. The molecule has 5 heteroatoms. The van der Waals surface area contributed by atoms with Gasteiger partial charge in [0.05, 0.1) is 0 Å². The van der Waals surface area contributed by atoms with E-state index >= 15 is 0 Å². The molecule has 0 radical (unpaired) electrons. The van der Waals surface area contributed by atoms with Gasteiger partial charge in [-0.3, -0.25) is 4.79 Å². The molecule has 0 aliphatic heterocycles. The SMILES string of the molecule is CC(=O)NCc1cc(F)c(F)cc1F. The Hall–Kier alpha value is -1.52. The number of carbonyl (C=O) groups excluding carboxylic acids is 1. The Morgan fingerprint density at radius 2 is 1.79 bits per heavy atom. The van der Waals surface area contributed by atoms with Crippen LogP contribution in [-0.4, -0.2) is 5.91 Å². The predicted octanol–water partition coefficient (Wildman–Crippen LogP) is 1.74. The number of carbonyl (C=O) groups is 1. The van der Waals surface area contributed by atoms with Crippen molar-refractivity contribution in [3.63, 3.8) is 0 Å². The highest BCUT2D eigenvalue weighted by molar-refractivity contribution is 5.72. The molecule has 0 unspecified atom stereocenters. The van der Waals surface area contributed by atoms with Gasteiger partial charge in [-0.2, -0.15) is 0 Å². The fourth-order valence-electron chi connectivity index (χ4n) is 0.919. The zero-order valence-electron chi connectivity index (χ0n) is 7.40. The predicted molar refractivity (Wildman–Crippen MR) is 43.8 cm³/mol. The van der Waals surface area contributed by atoms with E-state index in [1.54, 1.807) is 0 Å². The van der Waals surface area contributed by atoms with Crippen molar-refractivity contribution in [1.29, 1.82) is 0 Å². The molecular weight excluding hydrogens is 195 g/mol. The summed E-state index contributed by atoms with van der Waals surface area (Å²) in [5.41, 5.74) is -0.0842. The molecule has 0 aromatic heterocycles. The number of benzene rings is 1. The van der Waals surface area contributed by atoms with Crippen LogP contribution in [0.3, 0.4) is 0 Å². The van der Waals surface area contributed by atoms with Gasteiger partial charge >= 0.3 is 0 Å². The highest BCUT2D eigenvalue weighted by Gasteiger charge is 2.09. The lowest BCUT2D eigenvalue weighted by Crippen LogP contribution is -2.19. The number of nitrogens with one attached hydrogen (secondary N) is 1. The van der Waals surface area contributed by atoms with E-state index in [1.165, 1.54) is 6.92 Å². The molecule has 2 nitrogen and oxygen atoms in total. The first-order valence-electron chi connectivity index (χ1n) is 3.88. The second kappa shape index (κ2) is 4.13. The minimum atomic E-state index is -1.24. The van der Waals surface area contributed by atoms with E-state index < -0.39 is 17.5 Å². The second-order valence-corrected chi connectivity index (χ2v) is 2.77. The van der Waals surface area contributed by atoms with Crippen LogP contribution < -0.4 is 5.32 Å². The van der Waals surface area contributed by atoms with E-state index in [0.717, 1.165) is 6.07 Å². The Morgan fingerprint density at radius 1 is 1.21 bits per heavy atom. The van der Waals surface area contributed by atoms with Crippen molar-refractivity contribution in [3.05, 3.63) is 35.1 Å². The maximum atomic E-state index is 12.9. The van der Waals surface area contributed by atoms with Gasteiger partial charge in [0.15, 0.2) is 11.6 Å². The first-order chi connectivity index (χ1) is 6.50. The standard InChI is InChI=1S/C9H8F3NO/c1-5(14)13-4-6-2-8(11)9(12)3-7(6)10/h2-3H,4H2,1H3,(H,13,14). The van der Waals surface area contributed by atoms with Crippen LogP contribution in [0.4, 0.5) is 13.2 Å². The second-order valence-electron chi connectivity index (χ2n) is 2.77. The van der Waals surface area contributed by atoms with Gasteiger partial charge in [0.2, 0.25) is 5.91 Å². The van der Waals surface area contributed by atoms with E-state index in [4.69, 9.17) is 0 Å². The third-order valence-electron chi connectivity index (χ3n) is 1.62. The van der Waals surface area contributed by atoms with Crippen molar-refractivity contribution in [1.82, 2.24) is 5.32 Å². The van der Waals surface area contributed by atoms with Crippen molar-refractivity contribution < 1.29 is 18.0 Å². The first kappa shape index (κ1) is 10.6. The van der Waals surface area contributed by atoms with Crippen LogP contribution in [-0.2, 0) is 11.3 Å². The van der Waals surface area contributed by atoms with Crippen LogP contribution >= 0.6 is 0 Å². The number of hydrogen-bond donors (Lipinski definition) is 1. The average molecular weight is 203 g/mol. The molecule has 0 aliphatic rings. The molecule has 1 amide bonds. The van der Waals surface area contributed by atoms with Gasteiger partial charge in [-0.05, 0) is 6.07 Å². The molecular formula is C9H8F3NO. The third-order valence-corrected chi connectivity index (χ3v) is 1.62. The summed E-state index contributed by atoms with van der Waals surface area (Å²) in [5, 5.41) is 2.28. The average Bonchev–Trinajstić information content (AvgIpc) is 2.09. The van der Waals surface area contributed by atoms with Crippen molar-refractivity contribution in [2.24, 2.45) is 0 Å². The van der Waals surface area contributed by atoms with E-state index in [-0.39, 0.29) is 18.0 Å². The zero-order chi connectivity index (χ0) is 10.7. The zero-order valence-corrected chi connectivity index (χ0v) is 7.40. The van der Waals surface area contributed by atoms with Gasteiger partial charge in [-0.1, -0.05) is 0 Å². The Labute approximate surface area is 78.7 Å². The molecule has 0 aliphatic carbocycles. The molecule has 14 heavy (non-hydrogen) atoms. The fraction of sp³-hybridized carbons (Fsp3) is 0.222. The van der Waals surface area contributed by atoms with Crippen molar-refractivity contribution in [2.45, 2.75) is 13.5 Å². The van der Waals surface area contributed by atoms with Gasteiger partial charge in [0, 0.05) is 25.1 Å². The van der Waals surface area contributed by atoms with Gasteiger partial charge in [-0.15, -0.1) is 0 Å². The lowest BCUT2D eigenvalue weighted by molar-refractivity contribution is -0.119. The molecule has 1 rings (SSSR count). The first-order valence-corrected chi connectivity index (χ1v) is 3.88. The van der Waals surface area contributed by atoms with Crippen LogP contribution in [0.2, 0.25) is 0 Å². The molecule has 0 fully saturated rings. The molecule has 1 aromatic rings. The summed E-state index contributed by atoms with van der Waals surface area (Å²) in [6.07, 6.45) is 0. The molecule has 1 aromatic carbocycles. The van der Waals surface area contributed by atoms with E-state index in [0.29, 0.717) is 6.07 Å². The minimum absolute atomic E-state index is 0.0842. The molecule has 0 spiro atoms. The van der Waals surface area contributed by atoms with E-state index in [2.05, 4.69) is 5.32 Å². The molecule has 0 saturated heterocycles. The Bertz CT molecular complexity index is 365. The van der Waals surface area contributed by atoms with Crippen molar-refractivity contribution >= 4 is 5.91 Å². The lowest BCUT2D eigenvalue weighted by Gasteiger charge is -2.04. The molecule has 76 valence electrons. The summed E-state index contributed by atoms with van der Waals surface area (Å²) in [6.45, 7) is 1.09. The fourth-order valence-corrected chi connectivity index (χ4v) is 0.919. The van der Waals surface area contributed by atoms with Gasteiger partial charge in [0.25, 0.3) is 0 Å². The monoisotopic (exact) mass is 203 g/mol. The topological polar surface area (TPSA) is 29.1 Å². The minimum Gasteiger partial charge on any atom is -0.352 e. The van der Waals surface area contributed by atoms with Crippen LogP contribution in [0.1, 0.15) is 12.5 Å². The number of amides is 1. The normalized spacial score (nSPS) is 10.0. The summed E-state index contributed by atoms with van der Waals surface area (Å²) < 4.78 is 38.0. The molecule has 1 N–H and O–H groups in total. The maximum absolute atomic E-state index is 12.9. The van der Waals surface area contributed by atoms with Gasteiger partial charge < -0.3 is 5.32 Å². The third kappa shape index (κ3) is 2.48. The van der Waals surface area contributed by atoms with Crippen LogP contribution in [0, 0.1) is 17.5 Å². The highest BCUT2D eigenvalue weighted by Crippen LogP contribution is 2.13. The molecule has 0 heterocycles. The maximum Gasteiger partial charge on any atom is 0.217 e. The van der Waals surface area contributed by atoms with Crippen LogP contribution in [0.25, 0.3) is 0 Å². The Balaban J connectivity index is 2.87. The van der Waals surface area contributed by atoms with Crippen molar-refractivity contribution in [2.75, 3.05) is 0 Å². The summed E-state index contributed by atoms with van der Waals surface area (Å²) in [4.78, 5) is 10.5. The van der Waals surface area contributed by atoms with Crippen LogP contribution in [0.15, 0.2) is 12.1 Å². The van der Waals surface area contributed by atoms with Gasteiger partial charge in [0.1, 0.15) is 5.82 Å². The van der Waals surface area contributed by atoms with Gasteiger partial charge in [-0.25, -0.2) is 13.2 Å². The Morgan fingerprint density at radius 3 is 2.36 bits per heavy atom. The molecule has 0 bridgehead atoms. The van der Waals surface area contributed by atoms with Crippen LogP contribution in [0.5, 0.6) is 0 Å². The van der Waals surface area contributed by atoms with E-state index in [9.17, 15) is 18.0 Å². The summed E-state index contributed by atoms with van der Waals surface area (Å²) in [7, 11) is 0. The number of hydrogen-bond acceptors (Lipinski definition) is 1. The highest BCUT2D eigenvalue weighted by atomic mass is 19.2. The van der Waals surface area contributed by atoms with E-state index in [1.807, 2.05) is 0 Å². The largest absolute Gasteiger partial charge is 0.352 e.